The highest BCUT2D eigenvalue weighted by molar-refractivity contribution is 7.12. The normalized spacial score (nSPS) is 18.8. The lowest BCUT2D eigenvalue weighted by Gasteiger charge is -2.26. The van der Waals surface area contributed by atoms with Crippen LogP contribution in [0.2, 0.25) is 0 Å². The van der Waals surface area contributed by atoms with Crippen LogP contribution in [0.4, 0.5) is 0 Å². The first kappa shape index (κ1) is 21.8. The average molecular weight is 465 g/mol. The first-order chi connectivity index (χ1) is 15.7. The Hall–Kier alpha value is -1.98. The monoisotopic (exact) mass is 464 g/mol. The Balaban J connectivity index is 1.70. The highest BCUT2D eigenvalue weighted by Crippen LogP contribution is 2.37. The SMILES string of the molecule is Cc1cccc(C(=O)c2sc(=NC3CCCCC3)n(C3CCCCC3)c2-c2ccsc2)c1. The van der Waals surface area contributed by atoms with E-state index in [4.69, 9.17) is 4.99 Å². The Morgan fingerprint density at radius 2 is 1.75 bits per heavy atom. The fourth-order valence-corrected chi connectivity index (χ4v) is 7.15. The Morgan fingerprint density at radius 1 is 1.00 bits per heavy atom. The number of aromatic nitrogens is 1. The van der Waals surface area contributed by atoms with E-state index in [2.05, 4.69) is 34.4 Å². The van der Waals surface area contributed by atoms with Gasteiger partial charge >= 0.3 is 0 Å². The minimum absolute atomic E-state index is 0.134. The van der Waals surface area contributed by atoms with Gasteiger partial charge in [-0.2, -0.15) is 11.3 Å². The summed E-state index contributed by atoms with van der Waals surface area (Å²) in [5, 5.41) is 4.32. The maximum absolute atomic E-state index is 13.8. The lowest BCUT2D eigenvalue weighted by atomic mass is 9.94. The van der Waals surface area contributed by atoms with Crippen LogP contribution >= 0.6 is 22.7 Å². The number of thiophene rings is 1. The summed E-state index contributed by atoms with van der Waals surface area (Å²) < 4.78 is 2.48. The number of hydrogen-bond donors (Lipinski definition) is 0. The molecule has 0 saturated heterocycles. The molecule has 2 aliphatic rings. The molecule has 2 fully saturated rings. The van der Waals surface area contributed by atoms with Gasteiger partial charge in [0.05, 0.1) is 11.7 Å². The van der Waals surface area contributed by atoms with Gasteiger partial charge in [-0.25, -0.2) is 0 Å². The zero-order valence-corrected chi connectivity index (χ0v) is 20.5. The molecule has 32 heavy (non-hydrogen) atoms. The van der Waals surface area contributed by atoms with Crippen molar-refractivity contribution in [3.8, 4) is 11.3 Å². The van der Waals surface area contributed by atoms with E-state index in [1.165, 1.54) is 64.2 Å². The van der Waals surface area contributed by atoms with Crippen molar-refractivity contribution in [2.75, 3.05) is 0 Å². The summed E-state index contributed by atoms with van der Waals surface area (Å²) in [7, 11) is 0. The number of thiazole rings is 1. The van der Waals surface area contributed by atoms with Crippen molar-refractivity contribution in [2.45, 2.75) is 83.2 Å². The Labute approximate surface area is 198 Å². The molecular weight excluding hydrogens is 432 g/mol. The summed E-state index contributed by atoms with van der Waals surface area (Å²) in [6.45, 7) is 2.05. The molecule has 0 unspecified atom stereocenters. The highest BCUT2D eigenvalue weighted by atomic mass is 32.1. The zero-order chi connectivity index (χ0) is 21.9. The molecule has 0 N–H and O–H groups in total. The minimum atomic E-state index is 0.134. The quantitative estimate of drug-likeness (QED) is 0.359. The molecule has 0 amide bonds. The lowest BCUT2D eigenvalue weighted by Crippen LogP contribution is -2.26. The van der Waals surface area contributed by atoms with Gasteiger partial charge in [0.15, 0.2) is 4.80 Å². The number of rotatable bonds is 5. The molecule has 0 bridgehead atoms. The third-order valence-corrected chi connectivity index (χ3v) is 8.69. The van der Waals surface area contributed by atoms with Gasteiger partial charge in [0, 0.05) is 22.5 Å². The maximum Gasteiger partial charge on any atom is 0.205 e. The van der Waals surface area contributed by atoms with Crippen molar-refractivity contribution in [1.82, 2.24) is 4.57 Å². The predicted molar refractivity (Wildman–Crippen MR) is 135 cm³/mol. The molecule has 2 aromatic heterocycles. The third kappa shape index (κ3) is 4.55. The van der Waals surface area contributed by atoms with Crippen LogP contribution in [0.5, 0.6) is 0 Å². The van der Waals surface area contributed by atoms with Gasteiger partial charge in [-0.1, -0.05) is 73.6 Å². The van der Waals surface area contributed by atoms with Gasteiger partial charge in [0.2, 0.25) is 5.78 Å². The van der Waals surface area contributed by atoms with E-state index in [9.17, 15) is 4.79 Å². The van der Waals surface area contributed by atoms with E-state index in [0.29, 0.717) is 12.1 Å². The van der Waals surface area contributed by atoms with Crippen molar-refractivity contribution in [2.24, 2.45) is 4.99 Å². The van der Waals surface area contributed by atoms with Crippen LogP contribution in [0.3, 0.4) is 0 Å². The molecule has 2 saturated carbocycles. The smallest absolute Gasteiger partial charge is 0.205 e. The van der Waals surface area contributed by atoms with Crippen molar-refractivity contribution >= 4 is 28.5 Å². The maximum atomic E-state index is 13.8. The molecule has 0 atom stereocenters. The topological polar surface area (TPSA) is 34.4 Å². The van der Waals surface area contributed by atoms with Crippen LogP contribution in [0.15, 0.2) is 46.1 Å². The van der Waals surface area contributed by atoms with Crippen LogP contribution < -0.4 is 4.80 Å². The first-order valence-corrected chi connectivity index (χ1v) is 13.9. The molecule has 3 nitrogen and oxygen atoms in total. The highest BCUT2D eigenvalue weighted by Gasteiger charge is 2.28. The van der Waals surface area contributed by atoms with Crippen molar-refractivity contribution in [1.29, 1.82) is 0 Å². The summed E-state index contributed by atoms with van der Waals surface area (Å²) in [5.41, 5.74) is 4.17. The summed E-state index contributed by atoms with van der Waals surface area (Å²) in [5.74, 6) is 0.134. The van der Waals surface area contributed by atoms with E-state index in [-0.39, 0.29) is 5.78 Å². The van der Waals surface area contributed by atoms with E-state index in [1.54, 1.807) is 22.7 Å². The Bertz CT molecular complexity index is 1130. The molecule has 2 heterocycles. The molecule has 0 aliphatic heterocycles. The molecule has 3 aromatic rings. The standard InChI is InChI=1S/C27H32N2OS2/c1-19-9-8-10-20(17-19)25(30)26-24(21-15-16-31-18-21)29(23-13-6-3-7-14-23)27(32-26)28-22-11-4-2-5-12-22/h8-10,15-18,22-23H,2-7,11-14H2,1H3. The molecule has 2 aliphatic carbocycles. The van der Waals surface area contributed by atoms with Crippen LogP contribution in [0.25, 0.3) is 11.3 Å². The van der Waals surface area contributed by atoms with Gasteiger partial charge < -0.3 is 4.57 Å². The second kappa shape index (κ2) is 9.88. The Kier molecular flexibility index (Phi) is 6.74. The van der Waals surface area contributed by atoms with E-state index in [1.807, 2.05) is 18.2 Å². The van der Waals surface area contributed by atoms with E-state index < -0.39 is 0 Å². The second-order valence-corrected chi connectivity index (χ2v) is 11.1. The summed E-state index contributed by atoms with van der Waals surface area (Å²) in [6.07, 6.45) is 12.4. The van der Waals surface area contributed by atoms with Crippen molar-refractivity contribution in [3.05, 3.63) is 61.9 Å². The second-order valence-electron chi connectivity index (χ2n) is 9.36. The van der Waals surface area contributed by atoms with Crippen LogP contribution in [-0.2, 0) is 0 Å². The number of benzene rings is 1. The van der Waals surface area contributed by atoms with Crippen LogP contribution in [-0.4, -0.2) is 16.4 Å². The van der Waals surface area contributed by atoms with E-state index >= 15 is 0 Å². The molecule has 168 valence electrons. The first-order valence-electron chi connectivity index (χ1n) is 12.1. The van der Waals surface area contributed by atoms with Crippen LogP contribution in [0, 0.1) is 6.92 Å². The van der Waals surface area contributed by atoms with Gasteiger partial charge in [0.1, 0.15) is 4.88 Å². The number of hydrogen-bond acceptors (Lipinski definition) is 4. The summed E-state index contributed by atoms with van der Waals surface area (Å²) >= 11 is 3.33. The Morgan fingerprint density at radius 3 is 2.44 bits per heavy atom. The molecule has 5 rings (SSSR count). The van der Waals surface area contributed by atoms with Gasteiger partial charge in [-0.15, -0.1) is 0 Å². The van der Waals surface area contributed by atoms with E-state index in [0.717, 1.165) is 32.1 Å². The lowest BCUT2D eigenvalue weighted by molar-refractivity contribution is 0.104. The largest absolute Gasteiger partial charge is 0.313 e. The number of ketones is 1. The number of aryl methyl sites for hydroxylation is 1. The predicted octanol–water partition coefficient (Wildman–Crippen LogP) is 7.56. The molecule has 5 heteroatoms. The fraction of sp³-hybridized carbons (Fsp3) is 0.481. The number of nitrogens with zero attached hydrogens (tertiary/aromatic N) is 2. The van der Waals surface area contributed by atoms with Crippen LogP contribution in [0.1, 0.15) is 91.0 Å². The molecule has 0 radical (unpaired) electrons. The number of carbonyl (C=O) groups is 1. The summed E-state index contributed by atoms with van der Waals surface area (Å²) in [6, 6.07) is 11.0. The van der Waals surface area contributed by atoms with Crippen molar-refractivity contribution < 1.29 is 4.79 Å². The summed E-state index contributed by atoms with van der Waals surface area (Å²) in [4.78, 5) is 21.1. The van der Waals surface area contributed by atoms with Gasteiger partial charge in [0.25, 0.3) is 0 Å². The molecular formula is C27H32N2OS2. The minimum Gasteiger partial charge on any atom is -0.313 e. The molecule has 1 aromatic carbocycles. The average Bonchev–Trinajstić information content (AvgIpc) is 3.48. The fourth-order valence-electron chi connectivity index (χ4n) is 5.27. The number of carbonyl (C=O) groups excluding carboxylic acids is 1. The van der Waals surface area contributed by atoms with Gasteiger partial charge in [-0.3, -0.25) is 9.79 Å². The third-order valence-electron chi connectivity index (χ3n) is 6.94. The molecule has 0 spiro atoms. The zero-order valence-electron chi connectivity index (χ0n) is 18.9. The van der Waals surface area contributed by atoms with Crippen molar-refractivity contribution in [3.63, 3.8) is 0 Å². The van der Waals surface area contributed by atoms with Gasteiger partial charge in [-0.05, 0) is 50.1 Å².